The first-order valence-corrected chi connectivity index (χ1v) is 11.4. The molecule has 0 aliphatic carbocycles. The first-order chi connectivity index (χ1) is 17.0. The van der Waals surface area contributed by atoms with Gasteiger partial charge in [0.15, 0.2) is 0 Å². The summed E-state index contributed by atoms with van der Waals surface area (Å²) in [5.74, 6) is 0.417. The van der Waals surface area contributed by atoms with Crippen molar-refractivity contribution in [1.29, 1.82) is 0 Å². The topological polar surface area (TPSA) is 113 Å². The number of urea groups is 1. The fourth-order valence-corrected chi connectivity index (χ4v) is 4.40. The van der Waals surface area contributed by atoms with Crippen LogP contribution < -0.4 is 20.1 Å². The van der Waals surface area contributed by atoms with Gasteiger partial charge < -0.3 is 30.2 Å². The van der Waals surface area contributed by atoms with Crippen molar-refractivity contribution in [3.05, 3.63) is 83.6 Å². The van der Waals surface area contributed by atoms with Crippen molar-refractivity contribution in [2.24, 2.45) is 0 Å². The molecule has 0 radical (unpaired) electrons. The fraction of sp³-hybridized carbons (Fsp3) is 0.185. The highest BCUT2D eigenvalue weighted by Gasteiger charge is 2.30. The van der Waals surface area contributed by atoms with E-state index in [9.17, 15) is 14.7 Å². The van der Waals surface area contributed by atoms with E-state index in [1.165, 1.54) is 0 Å². The number of allylic oxidation sites excluding steroid dienone is 1. The molecule has 0 saturated carbocycles. The Hall–Kier alpha value is -4.46. The highest BCUT2D eigenvalue weighted by molar-refractivity contribution is 6.10. The highest BCUT2D eigenvalue weighted by atomic mass is 16.5. The van der Waals surface area contributed by atoms with Gasteiger partial charge in [0.05, 0.1) is 30.3 Å². The summed E-state index contributed by atoms with van der Waals surface area (Å²) >= 11 is 0. The number of carboxylic acid groups (broad SMARTS) is 1. The molecular weight excluding hydrogens is 446 g/mol. The second-order valence-corrected chi connectivity index (χ2v) is 8.34. The summed E-state index contributed by atoms with van der Waals surface area (Å²) in [6, 6.07) is 20.1. The first-order valence-electron chi connectivity index (χ1n) is 11.4. The molecule has 35 heavy (non-hydrogen) atoms. The maximum atomic E-state index is 11.8. The number of aromatic amines is 1. The Kier molecular flexibility index (Phi) is 6.01. The van der Waals surface area contributed by atoms with Crippen LogP contribution >= 0.6 is 0 Å². The lowest BCUT2D eigenvalue weighted by molar-refractivity contribution is -0.133. The van der Waals surface area contributed by atoms with Crippen LogP contribution in [-0.4, -0.2) is 35.3 Å². The molecule has 178 valence electrons. The van der Waals surface area contributed by atoms with E-state index in [1.807, 2.05) is 30.3 Å². The Morgan fingerprint density at radius 3 is 2.49 bits per heavy atom. The minimum Gasteiger partial charge on any atom is -0.493 e. The van der Waals surface area contributed by atoms with Gasteiger partial charge in [0.2, 0.25) is 0 Å². The third-order valence-corrected chi connectivity index (χ3v) is 6.02. The quantitative estimate of drug-likeness (QED) is 0.274. The number of nitrogens with one attached hydrogen (secondary N) is 3. The number of para-hydroxylation sites is 1. The number of H-pyrrole nitrogens is 1. The number of rotatable bonds is 8. The monoisotopic (exact) mass is 471 g/mol. The highest BCUT2D eigenvalue weighted by Crippen LogP contribution is 2.33. The summed E-state index contributed by atoms with van der Waals surface area (Å²) in [5, 5.41) is 16.9. The van der Waals surface area contributed by atoms with Crippen LogP contribution in [0.2, 0.25) is 0 Å². The molecular formula is C27H25N3O5. The molecule has 8 nitrogen and oxygen atoms in total. The minimum absolute atomic E-state index is 0.112. The van der Waals surface area contributed by atoms with Crippen LogP contribution in [0.1, 0.15) is 24.9 Å². The van der Waals surface area contributed by atoms with Crippen LogP contribution in [-0.2, 0) is 4.79 Å². The molecule has 0 bridgehead atoms. The van der Waals surface area contributed by atoms with Gasteiger partial charge in [-0.25, -0.2) is 9.59 Å². The first kappa shape index (κ1) is 22.3. The maximum Gasteiger partial charge on any atom is 0.335 e. The van der Waals surface area contributed by atoms with Crippen LogP contribution in [0.5, 0.6) is 11.5 Å². The SMILES string of the molecule is CC1=C(C(=O)O)C(c2ccc(OCCCOc3cccc4[nH]c5ccccc5c34)cc2)NC(=O)N1. The molecule has 3 aromatic carbocycles. The van der Waals surface area contributed by atoms with Gasteiger partial charge in [-0.3, -0.25) is 0 Å². The molecule has 8 heteroatoms. The molecule has 1 atom stereocenters. The molecule has 1 aliphatic heterocycles. The van der Waals surface area contributed by atoms with Crippen LogP contribution in [0.15, 0.2) is 78.0 Å². The summed E-state index contributed by atoms with van der Waals surface area (Å²) in [7, 11) is 0. The van der Waals surface area contributed by atoms with Crippen molar-refractivity contribution in [3.8, 4) is 11.5 Å². The lowest BCUT2D eigenvalue weighted by atomic mass is 9.95. The number of aliphatic carboxylic acids is 1. The predicted octanol–water partition coefficient (Wildman–Crippen LogP) is 4.88. The number of benzene rings is 3. The Labute approximate surface area is 201 Å². The summed E-state index contributed by atoms with van der Waals surface area (Å²) < 4.78 is 11.9. The third kappa shape index (κ3) is 4.50. The van der Waals surface area contributed by atoms with Gasteiger partial charge in [-0.15, -0.1) is 0 Å². The van der Waals surface area contributed by atoms with Gasteiger partial charge in [0.1, 0.15) is 11.5 Å². The minimum atomic E-state index is -1.08. The normalized spacial score (nSPS) is 15.7. The van der Waals surface area contributed by atoms with E-state index in [0.717, 1.165) is 27.6 Å². The Balaban J connectivity index is 1.18. The van der Waals surface area contributed by atoms with Crippen molar-refractivity contribution < 1.29 is 24.2 Å². The van der Waals surface area contributed by atoms with E-state index in [2.05, 4.69) is 27.8 Å². The molecule has 1 aliphatic rings. The number of hydrogen-bond acceptors (Lipinski definition) is 4. The van der Waals surface area contributed by atoms with Crippen molar-refractivity contribution in [2.75, 3.05) is 13.2 Å². The number of ether oxygens (including phenoxy) is 2. The molecule has 0 saturated heterocycles. The second kappa shape index (κ2) is 9.42. The van der Waals surface area contributed by atoms with E-state index < -0.39 is 18.0 Å². The van der Waals surface area contributed by atoms with E-state index in [0.29, 0.717) is 36.6 Å². The van der Waals surface area contributed by atoms with Gasteiger partial charge >= 0.3 is 12.0 Å². The van der Waals surface area contributed by atoms with Crippen LogP contribution in [0, 0.1) is 0 Å². The summed E-state index contributed by atoms with van der Waals surface area (Å²) in [6.07, 6.45) is 0.690. The van der Waals surface area contributed by atoms with Crippen molar-refractivity contribution in [3.63, 3.8) is 0 Å². The van der Waals surface area contributed by atoms with Crippen molar-refractivity contribution in [1.82, 2.24) is 15.6 Å². The number of hydrogen-bond donors (Lipinski definition) is 4. The number of amides is 2. The van der Waals surface area contributed by atoms with Gasteiger partial charge in [0.25, 0.3) is 0 Å². The molecule has 0 spiro atoms. The van der Waals surface area contributed by atoms with E-state index in [-0.39, 0.29) is 5.57 Å². The zero-order chi connectivity index (χ0) is 24.4. The molecule has 2 heterocycles. The molecule has 1 aromatic heterocycles. The zero-order valence-corrected chi connectivity index (χ0v) is 19.1. The fourth-order valence-electron chi connectivity index (χ4n) is 4.40. The molecule has 4 N–H and O–H groups in total. The largest absolute Gasteiger partial charge is 0.493 e. The Bertz CT molecular complexity index is 1440. The van der Waals surface area contributed by atoms with Gasteiger partial charge in [-0.2, -0.15) is 0 Å². The third-order valence-electron chi connectivity index (χ3n) is 6.02. The van der Waals surface area contributed by atoms with Gasteiger partial charge in [-0.05, 0) is 42.8 Å². The number of fused-ring (bicyclic) bond motifs is 3. The predicted molar refractivity (Wildman–Crippen MR) is 133 cm³/mol. The van der Waals surface area contributed by atoms with E-state index >= 15 is 0 Å². The molecule has 5 rings (SSSR count). The van der Waals surface area contributed by atoms with E-state index in [4.69, 9.17) is 9.47 Å². The average molecular weight is 472 g/mol. The number of carbonyl (C=O) groups is 2. The van der Waals surface area contributed by atoms with Crippen LogP contribution in [0.4, 0.5) is 4.79 Å². The number of carboxylic acids is 1. The number of aromatic nitrogens is 1. The van der Waals surface area contributed by atoms with Gasteiger partial charge in [-0.1, -0.05) is 36.4 Å². The van der Waals surface area contributed by atoms with Crippen molar-refractivity contribution in [2.45, 2.75) is 19.4 Å². The Morgan fingerprint density at radius 2 is 1.69 bits per heavy atom. The average Bonchev–Trinajstić information content (AvgIpc) is 3.23. The standard InChI is InChI=1S/C27H25N3O5/c1-16-23(26(31)32)25(30-27(33)28-16)17-10-12-18(13-11-17)34-14-5-15-35-22-9-4-8-21-24(22)19-6-2-3-7-20(19)29-21/h2-4,6-13,25,29H,5,14-15H2,1H3,(H,31,32)(H2,28,30,33). The second-order valence-electron chi connectivity index (χ2n) is 8.34. The molecule has 4 aromatic rings. The van der Waals surface area contributed by atoms with Crippen LogP contribution in [0.3, 0.4) is 0 Å². The van der Waals surface area contributed by atoms with Crippen molar-refractivity contribution >= 4 is 33.8 Å². The lowest BCUT2D eigenvalue weighted by Gasteiger charge is -2.27. The molecule has 1 unspecified atom stereocenters. The summed E-state index contributed by atoms with van der Waals surface area (Å²) in [5.41, 5.74) is 3.23. The molecule has 2 amide bonds. The lowest BCUT2D eigenvalue weighted by Crippen LogP contribution is -2.45. The Morgan fingerprint density at radius 1 is 0.943 bits per heavy atom. The zero-order valence-electron chi connectivity index (χ0n) is 19.1. The maximum absolute atomic E-state index is 11.8. The summed E-state index contributed by atoms with van der Waals surface area (Å²) in [6.45, 7) is 2.55. The number of carbonyl (C=O) groups excluding carboxylic acids is 1. The summed E-state index contributed by atoms with van der Waals surface area (Å²) in [4.78, 5) is 26.9. The van der Waals surface area contributed by atoms with E-state index in [1.54, 1.807) is 31.2 Å². The van der Waals surface area contributed by atoms with Crippen LogP contribution in [0.25, 0.3) is 21.8 Å². The molecule has 0 fully saturated rings. The smallest absolute Gasteiger partial charge is 0.335 e. The van der Waals surface area contributed by atoms with Gasteiger partial charge in [0, 0.05) is 28.4 Å².